The maximum Gasteiger partial charge on any atom is 0.141 e. The van der Waals surface area contributed by atoms with Crippen LogP contribution < -0.4 is 15.4 Å². The van der Waals surface area contributed by atoms with Crippen LogP contribution in [0.5, 0.6) is 5.75 Å². The summed E-state index contributed by atoms with van der Waals surface area (Å²) in [5.74, 6) is 4.78. The van der Waals surface area contributed by atoms with Crippen molar-refractivity contribution < 1.29 is 9.26 Å². The van der Waals surface area contributed by atoms with Gasteiger partial charge in [0.25, 0.3) is 0 Å². The molecule has 9 nitrogen and oxygen atoms in total. The number of methoxy groups -OCH3 is 1. The van der Waals surface area contributed by atoms with Crippen LogP contribution >= 0.6 is 0 Å². The zero-order valence-corrected chi connectivity index (χ0v) is 19.4. The van der Waals surface area contributed by atoms with Crippen molar-refractivity contribution in [1.82, 2.24) is 19.9 Å². The Morgan fingerprint density at radius 2 is 2.00 bits per heavy atom. The number of amidine groups is 1. The Balaban J connectivity index is 1.47. The van der Waals surface area contributed by atoms with Crippen LogP contribution in [0, 0.1) is 13.8 Å². The van der Waals surface area contributed by atoms with Gasteiger partial charge in [-0.05, 0) is 45.7 Å². The fourth-order valence-electron chi connectivity index (χ4n) is 4.71. The minimum absolute atomic E-state index is 0.0758. The molecule has 4 aromatic rings. The number of anilines is 2. The molecule has 2 aliphatic rings. The van der Waals surface area contributed by atoms with Gasteiger partial charge in [-0.15, -0.1) is 0 Å². The number of aryl methyl sites for hydroxylation is 3. The van der Waals surface area contributed by atoms with Crippen LogP contribution in [-0.4, -0.2) is 39.0 Å². The second kappa shape index (κ2) is 7.13. The summed E-state index contributed by atoms with van der Waals surface area (Å²) in [4.78, 5) is 8.42. The lowest BCUT2D eigenvalue weighted by atomic mass is 10.00. The minimum Gasteiger partial charge on any atom is -0.496 e. The maximum atomic E-state index is 5.80. The van der Waals surface area contributed by atoms with E-state index >= 15 is 0 Å². The van der Waals surface area contributed by atoms with E-state index in [4.69, 9.17) is 14.3 Å². The van der Waals surface area contributed by atoms with Gasteiger partial charge in [0.1, 0.15) is 35.1 Å². The molecule has 1 unspecified atom stereocenters. The first-order valence-corrected chi connectivity index (χ1v) is 11.3. The molecule has 3 aromatic heterocycles. The van der Waals surface area contributed by atoms with E-state index in [0.29, 0.717) is 5.92 Å². The summed E-state index contributed by atoms with van der Waals surface area (Å²) in [6.07, 6.45) is 2.37. The first kappa shape index (κ1) is 19.9. The number of benzene rings is 1. The van der Waals surface area contributed by atoms with Crippen molar-refractivity contribution in [2.45, 2.75) is 45.7 Å². The monoisotopic (exact) mass is 445 g/mol. The summed E-state index contributed by atoms with van der Waals surface area (Å²) < 4.78 is 13.1. The Hall–Kier alpha value is -3.75. The number of nitrogens with one attached hydrogen (secondary N) is 3. The molecule has 1 aromatic carbocycles. The molecule has 3 N–H and O–H groups in total. The summed E-state index contributed by atoms with van der Waals surface area (Å²) in [6.45, 7) is 5.89. The van der Waals surface area contributed by atoms with Gasteiger partial charge in [0.2, 0.25) is 0 Å². The van der Waals surface area contributed by atoms with E-state index < -0.39 is 0 Å². The molecule has 1 atom stereocenters. The summed E-state index contributed by atoms with van der Waals surface area (Å²) in [6, 6.07) is 6.29. The van der Waals surface area contributed by atoms with Crippen molar-refractivity contribution in [2.24, 2.45) is 12.0 Å². The third-order valence-corrected chi connectivity index (χ3v) is 6.47. The van der Waals surface area contributed by atoms with E-state index in [0.717, 1.165) is 68.0 Å². The van der Waals surface area contributed by atoms with Crippen molar-refractivity contribution in [3.05, 3.63) is 40.9 Å². The first-order valence-electron chi connectivity index (χ1n) is 11.3. The molecular formula is C24H27N7O2. The molecule has 9 heteroatoms. The fourth-order valence-corrected chi connectivity index (χ4v) is 4.71. The number of nitrogens with zero attached hydrogens (tertiary/aromatic N) is 4. The standard InChI is InChI=1S/C24H27N7O2/c1-11-21(12(2)33-30-11)16-8-18-15(9-19(16)32-5)22-23(27-18)25-13(3)26-24(22)28-20-10-17(14-6-7-14)29-31(20)4/h8-10,13-14,25,27H,6-7H2,1-5H3,(H,26,28). The molecule has 0 saturated heterocycles. The van der Waals surface area contributed by atoms with Gasteiger partial charge in [-0.3, -0.25) is 4.68 Å². The molecular weight excluding hydrogens is 418 g/mol. The quantitative estimate of drug-likeness (QED) is 0.421. The van der Waals surface area contributed by atoms with Crippen LogP contribution in [0.15, 0.2) is 27.7 Å². The van der Waals surface area contributed by atoms with E-state index in [1.54, 1.807) is 7.11 Å². The number of hydrogen-bond donors (Lipinski definition) is 3. The Kier molecular flexibility index (Phi) is 4.30. The second-order valence-electron chi connectivity index (χ2n) is 8.95. The van der Waals surface area contributed by atoms with Gasteiger partial charge in [0, 0.05) is 35.5 Å². The predicted molar refractivity (Wildman–Crippen MR) is 128 cm³/mol. The first-order chi connectivity index (χ1) is 15.9. The summed E-state index contributed by atoms with van der Waals surface area (Å²) >= 11 is 0. The van der Waals surface area contributed by atoms with Gasteiger partial charge in [-0.25, -0.2) is 4.99 Å². The zero-order chi connectivity index (χ0) is 22.9. The van der Waals surface area contributed by atoms with Gasteiger partial charge in [0.05, 0.1) is 29.6 Å². The molecule has 4 heterocycles. The molecule has 0 radical (unpaired) electrons. The summed E-state index contributed by atoms with van der Waals surface area (Å²) in [5.41, 5.74) is 5.85. The van der Waals surface area contributed by atoms with Crippen molar-refractivity contribution in [3.8, 4) is 16.9 Å². The Morgan fingerprint density at radius 1 is 1.18 bits per heavy atom. The molecule has 170 valence electrons. The van der Waals surface area contributed by atoms with Crippen LogP contribution in [0.3, 0.4) is 0 Å². The number of rotatable bonds is 4. The predicted octanol–water partition coefficient (Wildman–Crippen LogP) is 4.69. The molecule has 1 saturated carbocycles. The number of H-pyrrole nitrogens is 1. The average molecular weight is 446 g/mol. The molecule has 1 aliphatic carbocycles. The maximum absolute atomic E-state index is 5.80. The lowest BCUT2D eigenvalue weighted by molar-refractivity contribution is 0.393. The summed E-state index contributed by atoms with van der Waals surface area (Å²) in [7, 11) is 3.65. The third kappa shape index (κ3) is 3.18. The minimum atomic E-state index is -0.0758. The van der Waals surface area contributed by atoms with Crippen molar-refractivity contribution in [2.75, 3.05) is 17.7 Å². The Morgan fingerprint density at radius 3 is 2.70 bits per heavy atom. The molecule has 1 fully saturated rings. The van der Waals surface area contributed by atoms with Gasteiger partial charge < -0.3 is 24.9 Å². The largest absolute Gasteiger partial charge is 0.496 e. The van der Waals surface area contributed by atoms with Crippen LogP contribution in [0.2, 0.25) is 0 Å². The number of aromatic amines is 1. The Labute approximate surface area is 191 Å². The third-order valence-electron chi connectivity index (χ3n) is 6.47. The van der Waals surface area contributed by atoms with Crippen LogP contribution in [0.25, 0.3) is 22.0 Å². The average Bonchev–Trinajstić information content (AvgIpc) is 3.37. The van der Waals surface area contributed by atoms with Crippen LogP contribution in [0.1, 0.15) is 48.4 Å². The van der Waals surface area contributed by atoms with E-state index in [1.807, 2.05) is 32.5 Å². The highest BCUT2D eigenvalue weighted by Crippen LogP contribution is 2.42. The van der Waals surface area contributed by atoms with Gasteiger partial charge in [-0.2, -0.15) is 5.10 Å². The number of fused-ring (bicyclic) bond motifs is 3. The number of ether oxygens (including phenoxy) is 1. The van der Waals surface area contributed by atoms with Crippen LogP contribution in [0.4, 0.5) is 11.6 Å². The molecule has 0 amide bonds. The van der Waals surface area contributed by atoms with E-state index in [-0.39, 0.29) is 6.17 Å². The fraction of sp³-hybridized carbons (Fsp3) is 0.375. The highest BCUT2D eigenvalue weighted by molar-refractivity contribution is 6.20. The normalized spacial score (nSPS) is 17.6. The van der Waals surface area contributed by atoms with Crippen molar-refractivity contribution in [3.63, 3.8) is 0 Å². The van der Waals surface area contributed by atoms with E-state index in [9.17, 15) is 0 Å². The van der Waals surface area contributed by atoms with Gasteiger partial charge in [0.15, 0.2) is 0 Å². The molecule has 0 bridgehead atoms. The van der Waals surface area contributed by atoms with E-state index in [1.165, 1.54) is 12.8 Å². The zero-order valence-electron chi connectivity index (χ0n) is 19.4. The topological polar surface area (TPSA) is 105 Å². The van der Waals surface area contributed by atoms with Crippen molar-refractivity contribution >= 4 is 28.4 Å². The highest BCUT2D eigenvalue weighted by atomic mass is 16.5. The van der Waals surface area contributed by atoms with Crippen molar-refractivity contribution in [1.29, 1.82) is 0 Å². The number of aromatic nitrogens is 4. The molecule has 6 rings (SSSR count). The molecule has 1 aliphatic heterocycles. The Bertz CT molecular complexity index is 1400. The van der Waals surface area contributed by atoms with Crippen LogP contribution in [-0.2, 0) is 7.05 Å². The number of hydrogen-bond acceptors (Lipinski definition) is 7. The summed E-state index contributed by atoms with van der Waals surface area (Å²) in [5, 5.41) is 16.8. The lowest BCUT2D eigenvalue weighted by Gasteiger charge is -2.21. The second-order valence-corrected chi connectivity index (χ2v) is 8.95. The lowest BCUT2D eigenvalue weighted by Crippen LogP contribution is -2.27. The molecule has 33 heavy (non-hydrogen) atoms. The van der Waals surface area contributed by atoms with Gasteiger partial charge >= 0.3 is 0 Å². The smallest absolute Gasteiger partial charge is 0.141 e. The SMILES string of the molecule is COc1cc2c3c([nH]c2cc1-c1c(C)noc1C)NC(C)N=C3Nc1cc(C2CC2)nn1C. The highest BCUT2D eigenvalue weighted by Gasteiger charge is 2.29. The van der Waals surface area contributed by atoms with Gasteiger partial charge in [-0.1, -0.05) is 5.16 Å². The number of aliphatic imine (C=N–C) groups is 1. The van der Waals surface area contributed by atoms with E-state index in [2.05, 4.69) is 44.1 Å². The molecule has 0 spiro atoms.